The van der Waals surface area contributed by atoms with E-state index in [0.29, 0.717) is 34.3 Å². The van der Waals surface area contributed by atoms with Gasteiger partial charge in [-0.05, 0) is 60.1 Å². The Morgan fingerprint density at radius 1 is 0.456 bits per heavy atom. The molecule has 0 unspecified atom stereocenters. The van der Waals surface area contributed by atoms with E-state index in [-0.39, 0.29) is 58.1 Å². The predicted octanol–water partition coefficient (Wildman–Crippen LogP) is 13.9. The Morgan fingerprint density at radius 2 is 1.07 bits per heavy atom. The van der Waals surface area contributed by atoms with E-state index in [1.165, 1.54) is 16.8 Å². The van der Waals surface area contributed by atoms with E-state index in [2.05, 4.69) is 30.3 Å². The molecule has 266 valence electrons. The van der Waals surface area contributed by atoms with Crippen LogP contribution in [0.4, 0.5) is 0 Å². The van der Waals surface area contributed by atoms with Crippen LogP contribution in [0.1, 0.15) is 8.22 Å². The second-order valence-electron chi connectivity index (χ2n) is 13.9. The van der Waals surface area contributed by atoms with Crippen LogP contribution in [0, 0.1) is 0 Å². The van der Waals surface area contributed by atoms with Gasteiger partial charge in [0.25, 0.3) is 0 Å². The summed E-state index contributed by atoms with van der Waals surface area (Å²) in [7, 11) is 0. The van der Waals surface area contributed by atoms with Gasteiger partial charge in [-0.2, -0.15) is 0 Å². The van der Waals surface area contributed by atoms with Crippen LogP contribution >= 0.6 is 11.3 Å². The molecule has 5 nitrogen and oxygen atoms in total. The summed E-state index contributed by atoms with van der Waals surface area (Å²) in [5.41, 5.74) is 6.47. The highest BCUT2D eigenvalue weighted by Crippen LogP contribution is 2.43. The molecule has 0 aliphatic rings. The summed E-state index contributed by atoms with van der Waals surface area (Å²) >= 11 is 1.73. The number of hydrogen-bond acceptors (Lipinski definition) is 5. The van der Waals surface area contributed by atoms with Crippen LogP contribution in [0.2, 0.25) is 0 Å². The van der Waals surface area contributed by atoms with Crippen LogP contribution in [0.25, 0.3) is 115 Å². The van der Waals surface area contributed by atoms with Crippen molar-refractivity contribution in [1.82, 2.24) is 19.5 Å². The summed E-state index contributed by atoms with van der Waals surface area (Å²) in [6.45, 7) is 0. The zero-order valence-corrected chi connectivity index (χ0v) is 30.8. The van der Waals surface area contributed by atoms with E-state index in [9.17, 15) is 0 Å². The largest absolute Gasteiger partial charge is 0.455 e. The lowest BCUT2D eigenvalue weighted by molar-refractivity contribution is 0.670. The lowest BCUT2D eigenvalue weighted by Crippen LogP contribution is -2.00. The molecule has 0 N–H and O–H groups in total. The van der Waals surface area contributed by atoms with Gasteiger partial charge in [0.05, 0.1) is 19.3 Å². The molecule has 0 fully saturated rings. The molecular weight excluding hydrogens is 717 g/mol. The van der Waals surface area contributed by atoms with Gasteiger partial charge >= 0.3 is 0 Å². The average Bonchev–Trinajstić information content (AvgIpc) is 4.00. The van der Waals surface area contributed by atoms with Crippen LogP contribution in [0.5, 0.6) is 0 Å². The molecule has 0 saturated heterocycles. The van der Waals surface area contributed by atoms with Crippen molar-refractivity contribution in [3.05, 3.63) is 182 Å². The van der Waals surface area contributed by atoms with Gasteiger partial charge in [-0.3, -0.25) is 0 Å². The summed E-state index contributed by atoms with van der Waals surface area (Å²) in [4.78, 5) is 14.8. The lowest BCUT2D eigenvalue weighted by atomic mass is 9.99. The Labute approximate surface area is 339 Å². The minimum atomic E-state index is -0.165. The van der Waals surface area contributed by atoms with Crippen molar-refractivity contribution < 1.29 is 12.6 Å². The fourth-order valence-corrected chi connectivity index (χ4v) is 9.04. The van der Waals surface area contributed by atoms with Crippen LogP contribution in [-0.4, -0.2) is 19.5 Å². The molecule has 0 bridgehead atoms. The number of nitrogens with zero attached hydrogens (tertiary/aromatic N) is 4. The molecule has 4 aromatic heterocycles. The number of benzene rings is 8. The van der Waals surface area contributed by atoms with E-state index < -0.39 is 0 Å². The van der Waals surface area contributed by atoms with Crippen LogP contribution < -0.4 is 0 Å². The quantitative estimate of drug-likeness (QED) is 0.176. The Kier molecular flexibility index (Phi) is 5.82. The molecule has 8 aromatic carbocycles. The summed E-state index contributed by atoms with van der Waals surface area (Å²) in [5.74, 6) is 1.57. The summed E-state index contributed by atoms with van der Waals surface area (Å²) < 4.78 is 64.4. The van der Waals surface area contributed by atoms with Gasteiger partial charge in [-0.15, -0.1) is 11.3 Å². The number of hydrogen-bond donors (Lipinski definition) is 0. The molecule has 0 spiro atoms. The van der Waals surface area contributed by atoms with Crippen molar-refractivity contribution in [2.45, 2.75) is 0 Å². The first kappa shape index (κ1) is 26.4. The Balaban J connectivity index is 1.15. The van der Waals surface area contributed by atoms with Gasteiger partial charge in [0.2, 0.25) is 0 Å². The number of aromatic nitrogens is 4. The number of rotatable bonds is 5. The standard InChI is InChI=1S/C51H30N4OS/c1-3-13-31(14-4-1)49-52-50(32-15-5-2-6-16-32)54-51(53-49)34-23-25-38-42-30-35(55-43-20-10-7-17-36(43)37-18-8-11-21-44(37)55)29-40(48(42)56-45(38)28-34)33-24-26-47-41(27-33)39-19-9-12-22-46(39)57-47/h1-30H/i7D,8D,17D,18D,20D,21D. The van der Waals surface area contributed by atoms with Crippen molar-refractivity contribution in [2.24, 2.45) is 0 Å². The lowest BCUT2D eigenvalue weighted by Gasteiger charge is -2.12. The molecule has 0 aliphatic carbocycles. The Bertz CT molecular complexity index is 3750. The van der Waals surface area contributed by atoms with Crippen molar-refractivity contribution >= 4 is 75.3 Å². The first-order valence-corrected chi connectivity index (χ1v) is 19.3. The van der Waals surface area contributed by atoms with E-state index in [1.807, 2.05) is 103 Å². The van der Waals surface area contributed by atoms with Crippen molar-refractivity contribution in [3.63, 3.8) is 0 Å². The summed E-state index contributed by atoms with van der Waals surface area (Å²) in [5, 5.41) is 4.22. The predicted molar refractivity (Wildman–Crippen MR) is 236 cm³/mol. The van der Waals surface area contributed by atoms with E-state index in [4.69, 9.17) is 27.6 Å². The topological polar surface area (TPSA) is 56.7 Å². The highest BCUT2D eigenvalue weighted by atomic mass is 32.1. The maximum atomic E-state index is 9.17. The van der Waals surface area contributed by atoms with Gasteiger partial charge in [-0.25, -0.2) is 15.0 Å². The highest BCUT2D eigenvalue weighted by Gasteiger charge is 2.20. The Hall–Kier alpha value is -7.41. The van der Waals surface area contributed by atoms with E-state index in [0.717, 1.165) is 54.1 Å². The molecule has 0 radical (unpaired) electrons. The maximum absolute atomic E-state index is 9.17. The van der Waals surface area contributed by atoms with Gasteiger partial charge < -0.3 is 8.98 Å². The monoisotopic (exact) mass is 752 g/mol. The highest BCUT2D eigenvalue weighted by molar-refractivity contribution is 7.25. The summed E-state index contributed by atoms with van der Waals surface area (Å²) in [6, 6.07) is 46.1. The van der Waals surface area contributed by atoms with Crippen molar-refractivity contribution in [1.29, 1.82) is 0 Å². The molecule has 6 heteroatoms. The zero-order chi connectivity index (χ0) is 42.7. The maximum Gasteiger partial charge on any atom is 0.164 e. The number of para-hydroxylation sites is 2. The normalized spacial score (nSPS) is 13.3. The zero-order valence-electron chi connectivity index (χ0n) is 36.0. The molecule has 12 rings (SSSR count). The third kappa shape index (κ3) is 5.12. The molecular formula is C51H30N4OS. The average molecular weight is 753 g/mol. The van der Waals surface area contributed by atoms with E-state index >= 15 is 0 Å². The first-order chi connectivity index (χ1) is 30.7. The van der Waals surface area contributed by atoms with Gasteiger partial charge in [0, 0.05) is 69.7 Å². The van der Waals surface area contributed by atoms with Crippen LogP contribution in [0.15, 0.2) is 186 Å². The van der Waals surface area contributed by atoms with Crippen LogP contribution in [0.3, 0.4) is 0 Å². The van der Waals surface area contributed by atoms with Gasteiger partial charge in [-0.1, -0.05) is 127 Å². The Morgan fingerprint density at radius 3 is 1.77 bits per heavy atom. The molecule has 4 heterocycles. The second-order valence-corrected chi connectivity index (χ2v) is 15.0. The van der Waals surface area contributed by atoms with Crippen molar-refractivity contribution in [3.8, 4) is 51.0 Å². The molecule has 57 heavy (non-hydrogen) atoms. The van der Waals surface area contributed by atoms with Crippen LogP contribution in [-0.2, 0) is 0 Å². The first-order valence-electron chi connectivity index (χ1n) is 21.5. The van der Waals surface area contributed by atoms with E-state index in [1.54, 1.807) is 15.9 Å². The minimum absolute atomic E-state index is 0.0240. The molecule has 0 amide bonds. The number of furan rings is 1. The van der Waals surface area contributed by atoms with Crippen molar-refractivity contribution in [2.75, 3.05) is 0 Å². The SMILES string of the molecule is [2H]c1cc([2H])c2c(c1[2H])c1c([2H])c([2H])cc([2H])c1n2-c1cc(-c2ccc3sc4ccccc4c3c2)c2oc3cc(-c4nc(-c5ccccc5)nc(-c5ccccc5)n4)ccc3c2c1. The smallest absolute Gasteiger partial charge is 0.164 e. The molecule has 0 saturated carbocycles. The number of thiophene rings is 1. The third-order valence-electron chi connectivity index (χ3n) is 10.6. The number of fused-ring (bicyclic) bond motifs is 9. The molecule has 12 aromatic rings. The minimum Gasteiger partial charge on any atom is -0.455 e. The molecule has 0 atom stereocenters. The third-order valence-corrected chi connectivity index (χ3v) is 11.7. The second kappa shape index (κ2) is 12.6. The molecule has 0 aliphatic heterocycles. The summed E-state index contributed by atoms with van der Waals surface area (Å²) in [6.07, 6.45) is 0. The van der Waals surface area contributed by atoms with Gasteiger partial charge in [0.1, 0.15) is 11.2 Å². The fourth-order valence-electron chi connectivity index (χ4n) is 7.95. The fraction of sp³-hybridized carbons (Fsp3) is 0. The van der Waals surface area contributed by atoms with Gasteiger partial charge in [0.15, 0.2) is 17.5 Å².